The summed E-state index contributed by atoms with van der Waals surface area (Å²) in [5.41, 5.74) is 1.81. The topological polar surface area (TPSA) is 56.8 Å². The largest absolute Gasteiger partial charge is 0.497 e. The Hall–Kier alpha value is -2.69. The van der Waals surface area contributed by atoms with E-state index in [0.717, 1.165) is 22.6 Å². The van der Waals surface area contributed by atoms with Gasteiger partial charge in [0.05, 0.1) is 13.2 Å². The van der Waals surface area contributed by atoms with Crippen molar-refractivity contribution in [3.05, 3.63) is 53.6 Å². The van der Waals surface area contributed by atoms with Gasteiger partial charge < -0.3 is 19.5 Å². The van der Waals surface area contributed by atoms with Crippen LogP contribution in [0.3, 0.4) is 0 Å². The van der Waals surface area contributed by atoms with Crippen molar-refractivity contribution in [2.24, 2.45) is 0 Å². The smallest absolute Gasteiger partial charge is 0.261 e. The molecule has 0 fully saturated rings. The highest BCUT2D eigenvalue weighted by Gasteiger charge is 2.35. The fourth-order valence-corrected chi connectivity index (χ4v) is 3.51. The Morgan fingerprint density at radius 3 is 2.54 bits per heavy atom. The molecule has 1 aliphatic heterocycles. The molecule has 2 atom stereocenters. The minimum absolute atomic E-state index is 0.111. The zero-order chi connectivity index (χ0) is 20.3. The standard InChI is InChI=1S/C23H29NO4/c1-6-20(27-17-10-8-16(26-5)9-11-17)22(25)24-19-14-23(3,4)28-21-12-7-15(2)13-18(19)21/h7-13,19-20H,6,14H2,1-5H3,(H,24,25)/t19-,20+/m0/s1. The number of ether oxygens (including phenoxy) is 3. The van der Waals surface area contributed by atoms with Gasteiger partial charge in [0.2, 0.25) is 0 Å². The fourth-order valence-electron chi connectivity index (χ4n) is 3.51. The van der Waals surface area contributed by atoms with Crippen molar-refractivity contribution < 1.29 is 19.0 Å². The van der Waals surface area contributed by atoms with Gasteiger partial charge in [-0.1, -0.05) is 24.6 Å². The minimum Gasteiger partial charge on any atom is -0.497 e. The third kappa shape index (κ3) is 4.58. The molecule has 2 aromatic rings. The summed E-state index contributed by atoms with van der Waals surface area (Å²) in [5, 5.41) is 3.18. The van der Waals surface area contributed by atoms with Crippen molar-refractivity contribution in [3.8, 4) is 17.2 Å². The lowest BCUT2D eigenvalue weighted by Crippen LogP contribution is -2.45. The summed E-state index contributed by atoms with van der Waals surface area (Å²) in [6.45, 7) is 8.07. The summed E-state index contributed by atoms with van der Waals surface area (Å²) in [4.78, 5) is 13.0. The van der Waals surface area contributed by atoms with Crippen LogP contribution in [0.25, 0.3) is 0 Å². The molecule has 28 heavy (non-hydrogen) atoms. The van der Waals surface area contributed by atoms with Gasteiger partial charge in [-0.3, -0.25) is 4.79 Å². The lowest BCUT2D eigenvalue weighted by molar-refractivity contribution is -0.129. The first-order chi connectivity index (χ1) is 13.3. The van der Waals surface area contributed by atoms with Gasteiger partial charge >= 0.3 is 0 Å². The molecule has 0 bridgehead atoms. The highest BCUT2D eigenvalue weighted by molar-refractivity contribution is 5.81. The van der Waals surface area contributed by atoms with Crippen molar-refractivity contribution in [3.63, 3.8) is 0 Å². The van der Waals surface area contributed by atoms with Crippen molar-refractivity contribution in [2.75, 3.05) is 7.11 Å². The number of methoxy groups -OCH3 is 1. The molecular weight excluding hydrogens is 354 g/mol. The van der Waals surface area contributed by atoms with Crippen LogP contribution in [0, 0.1) is 6.92 Å². The number of amides is 1. The Morgan fingerprint density at radius 1 is 1.21 bits per heavy atom. The molecule has 0 aromatic heterocycles. The number of carbonyl (C=O) groups excluding carboxylic acids is 1. The van der Waals surface area contributed by atoms with E-state index >= 15 is 0 Å². The Labute approximate surface area is 167 Å². The molecule has 0 radical (unpaired) electrons. The molecule has 2 aromatic carbocycles. The minimum atomic E-state index is -0.562. The number of aryl methyl sites for hydroxylation is 1. The predicted octanol–water partition coefficient (Wildman–Crippen LogP) is 4.58. The van der Waals surface area contributed by atoms with Gasteiger partial charge in [0.15, 0.2) is 6.10 Å². The Morgan fingerprint density at radius 2 is 1.89 bits per heavy atom. The van der Waals surface area contributed by atoms with E-state index in [0.29, 0.717) is 18.6 Å². The molecule has 0 saturated carbocycles. The van der Waals surface area contributed by atoms with Gasteiger partial charge in [-0.15, -0.1) is 0 Å². The van der Waals surface area contributed by atoms with Crippen LogP contribution in [0.2, 0.25) is 0 Å². The predicted molar refractivity (Wildman–Crippen MR) is 109 cm³/mol. The van der Waals surface area contributed by atoms with Crippen molar-refractivity contribution in [1.82, 2.24) is 5.32 Å². The summed E-state index contributed by atoms with van der Waals surface area (Å²) in [5.74, 6) is 2.11. The van der Waals surface area contributed by atoms with Crippen LogP contribution in [-0.2, 0) is 4.79 Å². The van der Waals surface area contributed by atoms with Gasteiger partial charge in [0.1, 0.15) is 22.8 Å². The monoisotopic (exact) mass is 383 g/mol. The maximum absolute atomic E-state index is 13.0. The molecular formula is C23H29NO4. The van der Waals surface area contributed by atoms with Crippen LogP contribution in [0.5, 0.6) is 17.2 Å². The Kier molecular flexibility index (Phi) is 5.82. The van der Waals surface area contributed by atoms with Gasteiger partial charge in [-0.25, -0.2) is 0 Å². The van der Waals surface area contributed by atoms with E-state index in [4.69, 9.17) is 14.2 Å². The maximum Gasteiger partial charge on any atom is 0.261 e. The zero-order valence-electron chi connectivity index (χ0n) is 17.2. The van der Waals surface area contributed by atoms with Crippen molar-refractivity contribution in [1.29, 1.82) is 0 Å². The van der Waals surface area contributed by atoms with E-state index in [1.54, 1.807) is 7.11 Å². The molecule has 5 nitrogen and oxygen atoms in total. The second kappa shape index (κ2) is 8.13. The quantitative estimate of drug-likeness (QED) is 0.793. The van der Waals surface area contributed by atoms with E-state index in [9.17, 15) is 4.79 Å². The second-order valence-corrected chi connectivity index (χ2v) is 7.86. The molecule has 1 aliphatic rings. The van der Waals surface area contributed by atoms with E-state index in [1.807, 2.05) is 64.1 Å². The molecule has 1 heterocycles. The molecule has 0 saturated heterocycles. The number of nitrogens with one attached hydrogen (secondary N) is 1. The average molecular weight is 383 g/mol. The normalized spacial score (nSPS) is 18.4. The van der Waals surface area contributed by atoms with E-state index < -0.39 is 6.10 Å². The third-order valence-corrected chi connectivity index (χ3v) is 4.94. The van der Waals surface area contributed by atoms with Gasteiger partial charge in [-0.2, -0.15) is 0 Å². The molecule has 150 valence electrons. The van der Waals surface area contributed by atoms with E-state index in [-0.39, 0.29) is 17.6 Å². The van der Waals surface area contributed by atoms with Gasteiger partial charge in [0.25, 0.3) is 5.91 Å². The van der Waals surface area contributed by atoms with Crippen molar-refractivity contribution >= 4 is 5.91 Å². The van der Waals surface area contributed by atoms with E-state index in [2.05, 4.69) is 11.4 Å². The highest BCUT2D eigenvalue weighted by atomic mass is 16.5. The molecule has 0 unspecified atom stereocenters. The summed E-state index contributed by atoms with van der Waals surface area (Å²) in [7, 11) is 1.62. The molecule has 0 spiro atoms. The van der Waals surface area contributed by atoms with Crippen LogP contribution in [0.1, 0.15) is 50.8 Å². The van der Waals surface area contributed by atoms with E-state index in [1.165, 1.54) is 0 Å². The number of rotatable bonds is 6. The van der Waals surface area contributed by atoms with Crippen LogP contribution in [-0.4, -0.2) is 24.7 Å². The molecule has 5 heteroatoms. The maximum atomic E-state index is 13.0. The third-order valence-electron chi connectivity index (χ3n) is 4.94. The Bertz CT molecular complexity index is 829. The first-order valence-electron chi connectivity index (χ1n) is 9.72. The fraction of sp³-hybridized carbons (Fsp3) is 0.435. The lowest BCUT2D eigenvalue weighted by Gasteiger charge is -2.38. The van der Waals surface area contributed by atoms with Gasteiger partial charge in [0, 0.05) is 12.0 Å². The summed E-state index contributed by atoms with van der Waals surface area (Å²) >= 11 is 0. The van der Waals surface area contributed by atoms with Crippen LogP contribution in [0.4, 0.5) is 0 Å². The van der Waals surface area contributed by atoms with Crippen molar-refractivity contribution in [2.45, 2.75) is 58.3 Å². The number of carbonyl (C=O) groups is 1. The summed E-state index contributed by atoms with van der Waals surface area (Å²) < 4.78 is 17.2. The molecule has 0 aliphatic carbocycles. The number of benzene rings is 2. The molecule has 1 amide bonds. The first-order valence-corrected chi connectivity index (χ1v) is 9.72. The summed E-state index contributed by atoms with van der Waals surface area (Å²) in [6.07, 6.45) is 0.715. The van der Waals surface area contributed by atoms with Crippen LogP contribution >= 0.6 is 0 Å². The lowest BCUT2D eigenvalue weighted by atomic mass is 9.88. The Balaban J connectivity index is 1.75. The number of hydrogen-bond acceptors (Lipinski definition) is 4. The molecule has 1 N–H and O–H groups in total. The second-order valence-electron chi connectivity index (χ2n) is 7.86. The molecule has 3 rings (SSSR count). The van der Waals surface area contributed by atoms with Gasteiger partial charge in [-0.05, 0) is 57.5 Å². The number of hydrogen-bond donors (Lipinski definition) is 1. The average Bonchev–Trinajstić information content (AvgIpc) is 2.66. The van der Waals surface area contributed by atoms with Crippen LogP contribution in [0.15, 0.2) is 42.5 Å². The highest BCUT2D eigenvalue weighted by Crippen LogP contribution is 2.40. The number of fused-ring (bicyclic) bond motifs is 1. The zero-order valence-corrected chi connectivity index (χ0v) is 17.2. The summed E-state index contributed by atoms with van der Waals surface area (Å²) in [6, 6.07) is 13.2. The van der Waals surface area contributed by atoms with Crippen LogP contribution < -0.4 is 19.5 Å². The SMILES string of the molecule is CC[C@@H](Oc1ccc(OC)cc1)C(=O)N[C@H]1CC(C)(C)Oc2ccc(C)cc21. The first kappa shape index (κ1) is 20.1.